The van der Waals surface area contributed by atoms with Crippen molar-refractivity contribution in [1.82, 2.24) is 4.57 Å². The molecular formula is C33H40FNO5. The van der Waals surface area contributed by atoms with Gasteiger partial charge in [0.05, 0.1) is 25.3 Å². The highest BCUT2D eigenvalue weighted by Gasteiger charge is 2.40. The predicted molar refractivity (Wildman–Crippen MR) is 153 cm³/mol. The Kier molecular flexibility index (Phi) is 7.68. The third kappa shape index (κ3) is 5.61. The quantitative estimate of drug-likeness (QED) is 0.293. The molecule has 2 aliphatic rings. The number of benzene rings is 2. The van der Waals surface area contributed by atoms with Crippen molar-refractivity contribution in [2.45, 2.75) is 77.7 Å². The summed E-state index contributed by atoms with van der Waals surface area (Å²) in [7, 11) is 2.94. The number of carbonyl (C=O) groups is 2. The van der Waals surface area contributed by atoms with E-state index in [1.54, 1.807) is 23.9 Å². The number of aryl methyl sites for hydroxylation is 1. The summed E-state index contributed by atoms with van der Waals surface area (Å²) in [5, 5.41) is 0.970. The Morgan fingerprint density at radius 2 is 1.75 bits per heavy atom. The minimum Gasteiger partial charge on any atom is -0.496 e. The van der Waals surface area contributed by atoms with Crippen molar-refractivity contribution in [1.29, 1.82) is 0 Å². The SMILES string of the molecule is COC(=O)c1ccc([C@@H]2C[C@@H](C3CC3)CCC2Cc2c(OC)cc(C)c3c2ccn3C(=O)OC(C)(C)C)cc1F. The van der Waals surface area contributed by atoms with E-state index in [-0.39, 0.29) is 17.4 Å². The van der Waals surface area contributed by atoms with Crippen LogP contribution in [-0.2, 0) is 15.9 Å². The topological polar surface area (TPSA) is 66.8 Å². The highest BCUT2D eigenvalue weighted by atomic mass is 19.1. The fourth-order valence-corrected chi connectivity index (χ4v) is 6.63. The largest absolute Gasteiger partial charge is 0.496 e. The van der Waals surface area contributed by atoms with Gasteiger partial charge in [-0.15, -0.1) is 0 Å². The second kappa shape index (κ2) is 10.9. The number of rotatable bonds is 6. The number of nitrogens with zero attached hydrogens (tertiary/aromatic N) is 1. The van der Waals surface area contributed by atoms with Gasteiger partial charge >= 0.3 is 12.1 Å². The summed E-state index contributed by atoms with van der Waals surface area (Å²) >= 11 is 0. The van der Waals surface area contributed by atoms with Gasteiger partial charge in [-0.3, -0.25) is 4.57 Å². The van der Waals surface area contributed by atoms with Crippen molar-refractivity contribution in [2.75, 3.05) is 14.2 Å². The molecule has 2 fully saturated rings. The lowest BCUT2D eigenvalue weighted by Gasteiger charge is -2.37. The summed E-state index contributed by atoms with van der Waals surface area (Å²) in [6.07, 6.45) is 7.85. The summed E-state index contributed by atoms with van der Waals surface area (Å²) in [4.78, 5) is 25.1. The van der Waals surface area contributed by atoms with Crippen LogP contribution in [0.1, 0.15) is 85.8 Å². The number of hydrogen-bond acceptors (Lipinski definition) is 5. The van der Waals surface area contributed by atoms with E-state index in [0.29, 0.717) is 5.92 Å². The fraction of sp³-hybridized carbons (Fsp3) is 0.515. The Morgan fingerprint density at radius 3 is 2.38 bits per heavy atom. The average Bonchev–Trinajstić information content (AvgIpc) is 3.66. The van der Waals surface area contributed by atoms with Crippen molar-refractivity contribution in [2.24, 2.45) is 17.8 Å². The molecule has 3 aromatic rings. The molecule has 40 heavy (non-hydrogen) atoms. The van der Waals surface area contributed by atoms with Crippen LogP contribution >= 0.6 is 0 Å². The molecule has 0 saturated heterocycles. The third-order valence-corrected chi connectivity index (χ3v) is 8.66. The van der Waals surface area contributed by atoms with Crippen molar-refractivity contribution in [3.63, 3.8) is 0 Å². The molecule has 7 heteroatoms. The van der Waals surface area contributed by atoms with Gasteiger partial charge in [0.2, 0.25) is 0 Å². The molecule has 0 aliphatic heterocycles. The third-order valence-electron chi connectivity index (χ3n) is 8.66. The van der Waals surface area contributed by atoms with E-state index in [0.717, 1.165) is 64.9 Å². The van der Waals surface area contributed by atoms with E-state index in [2.05, 4.69) is 0 Å². The summed E-state index contributed by atoms with van der Waals surface area (Å²) in [5.41, 5.74) is 3.08. The molecule has 0 radical (unpaired) electrons. The lowest BCUT2D eigenvalue weighted by molar-refractivity contribution is 0.0542. The lowest BCUT2D eigenvalue weighted by atomic mass is 9.67. The predicted octanol–water partition coefficient (Wildman–Crippen LogP) is 7.82. The molecule has 0 spiro atoms. The molecule has 214 valence electrons. The number of hydrogen-bond donors (Lipinski definition) is 0. The first-order chi connectivity index (χ1) is 19.0. The van der Waals surface area contributed by atoms with Gasteiger partial charge in [-0.25, -0.2) is 14.0 Å². The Labute approximate surface area is 235 Å². The first-order valence-electron chi connectivity index (χ1n) is 14.3. The van der Waals surface area contributed by atoms with E-state index < -0.39 is 23.5 Å². The zero-order valence-corrected chi connectivity index (χ0v) is 24.4. The van der Waals surface area contributed by atoms with Gasteiger partial charge in [0.25, 0.3) is 0 Å². The van der Waals surface area contributed by atoms with Gasteiger partial charge in [-0.1, -0.05) is 6.07 Å². The highest BCUT2D eigenvalue weighted by Crippen LogP contribution is 2.51. The van der Waals surface area contributed by atoms with E-state index in [9.17, 15) is 9.59 Å². The van der Waals surface area contributed by atoms with E-state index >= 15 is 4.39 Å². The Bertz CT molecular complexity index is 1430. The molecule has 1 aromatic heterocycles. The van der Waals surface area contributed by atoms with Gasteiger partial charge in [-0.2, -0.15) is 0 Å². The van der Waals surface area contributed by atoms with Crippen LogP contribution in [0.15, 0.2) is 36.5 Å². The number of ether oxygens (including phenoxy) is 3. The molecule has 0 amide bonds. The van der Waals surface area contributed by atoms with E-state index in [1.807, 2.05) is 45.9 Å². The van der Waals surface area contributed by atoms with Crippen LogP contribution in [0, 0.1) is 30.5 Å². The van der Waals surface area contributed by atoms with Crippen molar-refractivity contribution >= 4 is 23.0 Å². The molecule has 1 unspecified atom stereocenters. The maximum atomic E-state index is 15.1. The first kappa shape index (κ1) is 28.2. The average molecular weight is 550 g/mol. The number of carbonyl (C=O) groups excluding carboxylic acids is 2. The second-order valence-electron chi connectivity index (χ2n) is 12.5. The zero-order chi connectivity index (χ0) is 28.8. The molecule has 3 atom stereocenters. The normalized spacial score (nSPS) is 21.3. The van der Waals surface area contributed by atoms with E-state index in [1.165, 1.54) is 26.0 Å². The number of fused-ring (bicyclic) bond motifs is 1. The Hall–Kier alpha value is -3.35. The van der Waals surface area contributed by atoms with E-state index in [4.69, 9.17) is 14.2 Å². The van der Waals surface area contributed by atoms with Crippen LogP contribution in [0.3, 0.4) is 0 Å². The van der Waals surface area contributed by atoms with Crippen molar-refractivity contribution in [3.8, 4) is 5.75 Å². The molecule has 2 aromatic carbocycles. The van der Waals surface area contributed by atoms with Gasteiger partial charge in [0, 0.05) is 17.1 Å². The summed E-state index contributed by atoms with van der Waals surface area (Å²) in [6, 6.07) is 8.94. The molecule has 2 aliphatic carbocycles. The Balaban J connectivity index is 1.53. The summed E-state index contributed by atoms with van der Waals surface area (Å²) < 4.78 is 33.0. The lowest BCUT2D eigenvalue weighted by Crippen LogP contribution is -2.27. The maximum Gasteiger partial charge on any atom is 0.419 e. The van der Waals surface area contributed by atoms with Crippen LogP contribution in [0.5, 0.6) is 5.75 Å². The van der Waals surface area contributed by atoms with Gasteiger partial charge in [0.1, 0.15) is 17.2 Å². The van der Waals surface area contributed by atoms with Crippen LogP contribution in [-0.4, -0.2) is 36.5 Å². The molecular weight excluding hydrogens is 509 g/mol. The maximum absolute atomic E-state index is 15.1. The van der Waals surface area contributed by atoms with Crippen LogP contribution in [0.2, 0.25) is 0 Å². The second-order valence-corrected chi connectivity index (χ2v) is 12.5. The molecule has 6 nitrogen and oxygen atoms in total. The van der Waals surface area contributed by atoms with Crippen LogP contribution < -0.4 is 4.74 Å². The molecule has 2 saturated carbocycles. The molecule has 0 bridgehead atoms. The molecule has 1 heterocycles. The standard InChI is InChI=1S/C33H40FNO5/c1-19-15-29(38-5)27(24-13-14-35(30(19)24)32(37)40-33(2,3)4)17-22-10-9-21(20-7-8-20)16-26(22)23-11-12-25(28(34)18-23)31(36)39-6/h11-15,18,20-22,26H,7-10,16-17H2,1-6H3/t21-,22?,26+/m0/s1. The number of esters is 1. The minimum atomic E-state index is -0.665. The van der Waals surface area contributed by atoms with Crippen molar-refractivity contribution in [3.05, 3.63) is 64.6 Å². The Morgan fingerprint density at radius 1 is 1.02 bits per heavy atom. The van der Waals surface area contributed by atoms with Crippen LogP contribution in [0.4, 0.5) is 9.18 Å². The first-order valence-corrected chi connectivity index (χ1v) is 14.3. The van der Waals surface area contributed by atoms with Crippen LogP contribution in [0.25, 0.3) is 10.9 Å². The zero-order valence-electron chi connectivity index (χ0n) is 24.4. The van der Waals surface area contributed by atoms with Crippen molar-refractivity contribution < 1.29 is 28.2 Å². The molecule has 5 rings (SSSR count). The van der Waals surface area contributed by atoms with Gasteiger partial charge in [0.15, 0.2) is 0 Å². The number of halogens is 1. The highest BCUT2D eigenvalue weighted by molar-refractivity contribution is 5.95. The smallest absolute Gasteiger partial charge is 0.419 e. The number of aromatic nitrogens is 1. The number of methoxy groups -OCH3 is 2. The fourth-order valence-electron chi connectivity index (χ4n) is 6.63. The summed E-state index contributed by atoms with van der Waals surface area (Å²) in [6.45, 7) is 7.55. The monoisotopic (exact) mass is 549 g/mol. The van der Waals surface area contributed by atoms with Gasteiger partial charge < -0.3 is 14.2 Å². The summed E-state index contributed by atoms with van der Waals surface area (Å²) in [5.74, 6) is 1.39. The van der Waals surface area contributed by atoms with Gasteiger partial charge in [-0.05, 0) is 125 Å². The molecule has 0 N–H and O–H groups in total. The minimum absolute atomic E-state index is 0.0391.